The number of hydrogen-bond acceptors (Lipinski definition) is 2. The van der Waals surface area contributed by atoms with Gasteiger partial charge in [0, 0.05) is 12.1 Å². The van der Waals surface area contributed by atoms with Crippen molar-refractivity contribution >= 4 is 0 Å². The molecule has 1 aromatic carbocycles. The molecule has 1 saturated carbocycles. The van der Waals surface area contributed by atoms with E-state index in [1.165, 1.54) is 11.1 Å². The van der Waals surface area contributed by atoms with Gasteiger partial charge in [0.05, 0.1) is 0 Å². The molecule has 1 aliphatic rings. The van der Waals surface area contributed by atoms with Gasteiger partial charge < -0.3 is 11.1 Å². The number of rotatable bonds is 4. The van der Waals surface area contributed by atoms with Gasteiger partial charge in [-0.1, -0.05) is 24.3 Å². The van der Waals surface area contributed by atoms with E-state index in [1.54, 1.807) is 0 Å². The summed E-state index contributed by atoms with van der Waals surface area (Å²) < 4.78 is 0. The Kier molecular flexibility index (Phi) is 3.39. The lowest BCUT2D eigenvalue weighted by Gasteiger charge is -2.33. The Bertz CT molecular complexity index is 316. The van der Waals surface area contributed by atoms with Crippen molar-refractivity contribution in [3.8, 4) is 0 Å². The van der Waals surface area contributed by atoms with Gasteiger partial charge in [-0.05, 0) is 43.9 Å². The third-order valence-electron chi connectivity index (χ3n) is 3.26. The van der Waals surface area contributed by atoms with E-state index in [2.05, 4.69) is 36.5 Å². The monoisotopic (exact) mass is 204 g/mol. The normalized spacial score (nSPS) is 24.9. The summed E-state index contributed by atoms with van der Waals surface area (Å²) in [6, 6.07) is 9.71. The highest BCUT2D eigenvalue weighted by molar-refractivity contribution is 5.25. The van der Waals surface area contributed by atoms with E-state index in [-0.39, 0.29) is 0 Å². The van der Waals surface area contributed by atoms with Crippen LogP contribution in [0.3, 0.4) is 0 Å². The molecule has 0 unspecified atom stereocenters. The molecule has 15 heavy (non-hydrogen) atoms. The lowest BCUT2D eigenvalue weighted by atomic mass is 9.87. The Morgan fingerprint density at radius 3 is 2.73 bits per heavy atom. The third kappa shape index (κ3) is 2.80. The van der Waals surface area contributed by atoms with Crippen LogP contribution in [0.2, 0.25) is 0 Å². The molecule has 0 amide bonds. The van der Waals surface area contributed by atoms with Crippen LogP contribution in [0.15, 0.2) is 24.3 Å². The fraction of sp³-hybridized carbons (Fsp3) is 0.538. The predicted octanol–water partition coefficient (Wildman–Crippen LogP) is 1.62. The van der Waals surface area contributed by atoms with Crippen molar-refractivity contribution in [1.29, 1.82) is 0 Å². The molecule has 0 radical (unpaired) electrons. The van der Waals surface area contributed by atoms with Gasteiger partial charge >= 0.3 is 0 Å². The fourth-order valence-electron chi connectivity index (χ4n) is 2.13. The smallest absolute Gasteiger partial charge is 0.00966 e. The fourth-order valence-corrected chi connectivity index (χ4v) is 2.13. The van der Waals surface area contributed by atoms with Gasteiger partial charge in [0.1, 0.15) is 0 Å². The zero-order valence-corrected chi connectivity index (χ0v) is 9.37. The summed E-state index contributed by atoms with van der Waals surface area (Å²) in [6.45, 7) is 3.25. The van der Waals surface area contributed by atoms with Gasteiger partial charge in [-0.15, -0.1) is 0 Å². The van der Waals surface area contributed by atoms with Gasteiger partial charge in [0.25, 0.3) is 0 Å². The van der Waals surface area contributed by atoms with Gasteiger partial charge in [0.15, 0.2) is 0 Å². The maximum Gasteiger partial charge on any atom is 0.00966 e. The van der Waals surface area contributed by atoms with E-state index in [0.29, 0.717) is 12.1 Å². The third-order valence-corrected chi connectivity index (χ3v) is 3.26. The molecule has 0 heterocycles. The van der Waals surface area contributed by atoms with E-state index in [0.717, 1.165) is 25.8 Å². The van der Waals surface area contributed by atoms with E-state index in [9.17, 15) is 0 Å². The van der Waals surface area contributed by atoms with Crippen LogP contribution in [-0.4, -0.2) is 18.6 Å². The Labute approximate surface area is 91.9 Å². The van der Waals surface area contributed by atoms with Crippen LogP contribution in [0.4, 0.5) is 0 Å². The van der Waals surface area contributed by atoms with Gasteiger partial charge in [-0.25, -0.2) is 0 Å². The Hall–Kier alpha value is -0.860. The first kappa shape index (κ1) is 10.7. The number of nitrogens with one attached hydrogen (secondary N) is 1. The molecule has 2 rings (SSSR count). The average molecular weight is 204 g/mol. The van der Waals surface area contributed by atoms with E-state index >= 15 is 0 Å². The van der Waals surface area contributed by atoms with Crippen LogP contribution in [0.25, 0.3) is 0 Å². The number of hydrogen-bond donors (Lipinski definition) is 2. The summed E-state index contributed by atoms with van der Waals surface area (Å²) in [4.78, 5) is 0. The second-order valence-corrected chi connectivity index (χ2v) is 4.56. The summed E-state index contributed by atoms with van der Waals surface area (Å²) in [6.07, 6.45) is 3.42. The van der Waals surface area contributed by atoms with Crippen molar-refractivity contribution in [2.24, 2.45) is 5.73 Å². The molecule has 1 fully saturated rings. The topological polar surface area (TPSA) is 38.0 Å². The van der Waals surface area contributed by atoms with Gasteiger partial charge in [0.2, 0.25) is 0 Å². The highest BCUT2D eigenvalue weighted by Gasteiger charge is 2.24. The van der Waals surface area contributed by atoms with Crippen molar-refractivity contribution in [2.75, 3.05) is 6.54 Å². The second-order valence-electron chi connectivity index (χ2n) is 4.56. The molecule has 0 spiro atoms. The summed E-state index contributed by atoms with van der Waals surface area (Å²) in [5, 5.41) is 3.55. The number of benzene rings is 1. The van der Waals surface area contributed by atoms with E-state index in [1.807, 2.05) is 0 Å². The van der Waals surface area contributed by atoms with E-state index in [4.69, 9.17) is 5.73 Å². The molecule has 3 N–H and O–H groups in total. The molecular formula is C13H20N2. The highest BCUT2D eigenvalue weighted by Crippen LogP contribution is 2.17. The minimum atomic E-state index is 0.445. The molecule has 2 nitrogen and oxygen atoms in total. The second kappa shape index (κ2) is 4.77. The summed E-state index contributed by atoms with van der Waals surface area (Å²) >= 11 is 0. The lowest BCUT2D eigenvalue weighted by Crippen LogP contribution is -2.48. The standard InChI is InChI=1S/C13H20N2/c1-10-4-2-3-5-11(10)6-7-15-13-8-12(14)9-13/h2-5,12-13,15H,6-9,14H2,1H3. The van der Waals surface area contributed by atoms with Gasteiger partial charge in [-0.2, -0.15) is 0 Å². The first-order valence-corrected chi connectivity index (χ1v) is 5.79. The number of nitrogens with two attached hydrogens (primary N) is 1. The molecular weight excluding hydrogens is 184 g/mol. The lowest BCUT2D eigenvalue weighted by molar-refractivity contribution is 0.294. The zero-order valence-electron chi connectivity index (χ0n) is 9.37. The molecule has 82 valence electrons. The van der Waals surface area contributed by atoms with Crippen molar-refractivity contribution in [3.05, 3.63) is 35.4 Å². The molecule has 0 aromatic heterocycles. The van der Waals surface area contributed by atoms with Crippen LogP contribution >= 0.6 is 0 Å². The molecule has 2 heteroatoms. The van der Waals surface area contributed by atoms with Crippen LogP contribution in [0, 0.1) is 6.92 Å². The van der Waals surface area contributed by atoms with Crippen LogP contribution < -0.4 is 11.1 Å². The quantitative estimate of drug-likeness (QED) is 0.782. The Morgan fingerprint density at radius 1 is 1.33 bits per heavy atom. The van der Waals surface area contributed by atoms with Crippen LogP contribution in [0.1, 0.15) is 24.0 Å². The Balaban J connectivity index is 1.72. The summed E-state index contributed by atoms with van der Waals surface area (Å²) in [5.74, 6) is 0. The molecule has 0 bridgehead atoms. The molecule has 1 aliphatic carbocycles. The number of aryl methyl sites for hydroxylation is 1. The van der Waals surface area contributed by atoms with Crippen molar-refractivity contribution in [2.45, 2.75) is 38.3 Å². The predicted molar refractivity (Wildman–Crippen MR) is 63.9 cm³/mol. The maximum absolute atomic E-state index is 5.74. The van der Waals surface area contributed by atoms with Crippen molar-refractivity contribution in [1.82, 2.24) is 5.32 Å². The molecule has 0 saturated heterocycles. The first-order valence-electron chi connectivity index (χ1n) is 5.79. The van der Waals surface area contributed by atoms with Gasteiger partial charge in [-0.3, -0.25) is 0 Å². The molecule has 0 aliphatic heterocycles. The Morgan fingerprint density at radius 2 is 2.07 bits per heavy atom. The van der Waals surface area contributed by atoms with E-state index < -0.39 is 0 Å². The highest BCUT2D eigenvalue weighted by atomic mass is 14.9. The summed E-state index contributed by atoms with van der Waals surface area (Å²) in [7, 11) is 0. The van der Waals surface area contributed by atoms with Crippen LogP contribution in [0.5, 0.6) is 0 Å². The van der Waals surface area contributed by atoms with Crippen molar-refractivity contribution < 1.29 is 0 Å². The molecule has 0 atom stereocenters. The minimum absolute atomic E-state index is 0.445. The minimum Gasteiger partial charge on any atom is -0.328 e. The van der Waals surface area contributed by atoms with Crippen LogP contribution in [-0.2, 0) is 6.42 Å². The SMILES string of the molecule is Cc1ccccc1CCNC1CC(N)C1. The maximum atomic E-state index is 5.74. The van der Waals surface area contributed by atoms with Crippen molar-refractivity contribution in [3.63, 3.8) is 0 Å². The first-order chi connectivity index (χ1) is 7.25. The zero-order chi connectivity index (χ0) is 10.7. The largest absolute Gasteiger partial charge is 0.328 e. The summed E-state index contributed by atoms with van der Waals surface area (Å²) in [5.41, 5.74) is 8.58. The molecule has 1 aromatic rings. The average Bonchev–Trinajstić information content (AvgIpc) is 2.18.